The van der Waals surface area contributed by atoms with Crippen molar-refractivity contribution >= 4 is 5.91 Å². The second kappa shape index (κ2) is 7.68. The first-order valence-electron chi connectivity index (χ1n) is 5.94. The molecular weight excluding hydrogens is 277 g/mol. The molecule has 0 atom stereocenters. The molecule has 112 valence electrons. The number of ether oxygens (including phenoxy) is 2. The van der Waals surface area contributed by atoms with Crippen LogP contribution in [0.4, 0.5) is 13.2 Å². The number of carbonyl (C=O) groups is 1. The van der Waals surface area contributed by atoms with E-state index in [0.717, 1.165) is 0 Å². The molecule has 0 radical (unpaired) electrons. The molecule has 0 saturated heterocycles. The fourth-order valence-corrected chi connectivity index (χ4v) is 1.34. The van der Waals surface area contributed by atoms with Crippen LogP contribution in [0, 0.1) is 0 Å². The van der Waals surface area contributed by atoms with E-state index in [1.54, 1.807) is 13.0 Å². The fourth-order valence-electron chi connectivity index (χ4n) is 1.34. The van der Waals surface area contributed by atoms with Gasteiger partial charge in [-0.15, -0.1) is 0 Å². The maximum absolute atomic E-state index is 11.8. The number of carbonyl (C=O) groups excluding carboxylic acids is 1. The van der Waals surface area contributed by atoms with E-state index in [9.17, 15) is 18.0 Å². The van der Waals surface area contributed by atoms with Gasteiger partial charge in [0.25, 0.3) is 5.91 Å². The monoisotopic (exact) mass is 292 g/mol. The molecule has 0 aliphatic rings. The lowest BCUT2D eigenvalue weighted by atomic mass is 10.2. The van der Waals surface area contributed by atoms with Crippen LogP contribution in [0.3, 0.4) is 0 Å². The van der Waals surface area contributed by atoms with Gasteiger partial charge in [0.05, 0.1) is 13.2 Å². The lowest BCUT2D eigenvalue weighted by molar-refractivity contribution is -0.173. The topological polar surface area (TPSA) is 60.5 Å². The SMILES string of the molecule is CCOc1ncccc1C(=O)NCCOCC(F)(F)F. The van der Waals surface area contributed by atoms with E-state index in [1.165, 1.54) is 12.3 Å². The second-order valence-corrected chi connectivity index (χ2v) is 3.71. The first-order chi connectivity index (χ1) is 9.44. The quantitative estimate of drug-likeness (QED) is 0.778. The number of alkyl halides is 3. The van der Waals surface area contributed by atoms with E-state index < -0.39 is 18.7 Å². The predicted octanol–water partition coefficient (Wildman–Crippen LogP) is 1.79. The van der Waals surface area contributed by atoms with Crippen molar-refractivity contribution in [3.63, 3.8) is 0 Å². The number of amides is 1. The van der Waals surface area contributed by atoms with Crippen molar-refractivity contribution in [1.82, 2.24) is 10.3 Å². The molecule has 1 heterocycles. The Balaban J connectivity index is 2.40. The third-order valence-corrected chi connectivity index (χ3v) is 2.09. The molecule has 0 bridgehead atoms. The van der Waals surface area contributed by atoms with E-state index >= 15 is 0 Å². The number of nitrogens with one attached hydrogen (secondary N) is 1. The summed E-state index contributed by atoms with van der Waals surface area (Å²) in [4.78, 5) is 15.7. The van der Waals surface area contributed by atoms with Crippen molar-refractivity contribution in [3.05, 3.63) is 23.9 Å². The van der Waals surface area contributed by atoms with Gasteiger partial charge in [0.15, 0.2) is 0 Å². The zero-order chi connectivity index (χ0) is 15.0. The lowest BCUT2D eigenvalue weighted by Crippen LogP contribution is -2.29. The van der Waals surface area contributed by atoms with Crippen LogP contribution >= 0.6 is 0 Å². The Kier molecular flexibility index (Phi) is 6.23. The number of hydrogen-bond donors (Lipinski definition) is 1. The number of pyridine rings is 1. The molecule has 1 amide bonds. The molecule has 0 aromatic carbocycles. The largest absolute Gasteiger partial charge is 0.477 e. The molecule has 0 spiro atoms. The molecule has 1 N–H and O–H groups in total. The van der Waals surface area contributed by atoms with Crippen molar-refractivity contribution in [2.24, 2.45) is 0 Å². The smallest absolute Gasteiger partial charge is 0.411 e. The average molecular weight is 292 g/mol. The minimum atomic E-state index is -4.37. The highest BCUT2D eigenvalue weighted by molar-refractivity contribution is 5.96. The van der Waals surface area contributed by atoms with Crippen LogP contribution in [0.25, 0.3) is 0 Å². The highest BCUT2D eigenvalue weighted by Crippen LogP contribution is 2.15. The van der Waals surface area contributed by atoms with Gasteiger partial charge in [0, 0.05) is 12.7 Å². The molecule has 1 rings (SSSR count). The van der Waals surface area contributed by atoms with Crippen molar-refractivity contribution in [3.8, 4) is 5.88 Å². The minimum Gasteiger partial charge on any atom is -0.477 e. The van der Waals surface area contributed by atoms with Gasteiger partial charge in [-0.3, -0.25) is 4.79 Å². The Bertz CT molecular complexity index is 438. The van der Waals surface area contributed by atoms with Crippen molar-refractivity contribution in [1.29, 1.82) is 0 Å². The Morgan fingerprint density at radius 1 is 1.45 bits per heavy atom. The van der Waals surface area contributed by atoms with Crippen LogP contribution in [0.15, 0.2) is 18.3 Å². The summed E-state index contributed by atoms with van der Waals surface area (Å²) in [6.07, 6.45) is -2.89. The Labute approximate surface area is 114 Å². The van der Waals surface area contributed by atoms with E-state index in [1.807, 2.05) is 0 Å². The zero-order valence-corrected chi connectivity index (χ0v) is 10.9. The van der Waals surface area contributed by atoms with Gasteiger partial charge in [-0.2, -0.15) is 13.2 Å². The molecule has 0 saturated carbocycles. The molecule has 0 aliphatic heterocycles. The molecule has 1 aromatic rings. The first kappa shape index (κ1) is 16.2. The van der Waals surface area contributed by atoms with Gasteiger partial charge in [0.2, 0.25) is 5.88 Å². The molecule has 20 heavy (non-hydrogen) atoms. The summed E-state index contributed by atoms with van der Waals surface area (Å²) in [6, 6.07) is 3.08. The Hall–Kier alpha value is -1.83. The standard InChI is InChI=1S/C12H15F3N2O3/c1-2-20-11-9(4-3-5-17-11)10(18)16-6-7-19-8-12(13,14)15/h3-5H,2,6-8H2,1H3,(H,16,18). The number of nitrogens with zero attached hydrogens (tertiary/aromatic N) is 1. The molecule has 1 aromatic heterocycles. The third-order valence-electron chi connectivity index (χ3n) is 2.09. The first-order valence-corrected chi connectivity index (χ1v) is 5.94. The predicted molar refractivity (Wildman–Crippen MR) is 64.6 cm³/mol. The summed E-state index contributed by atoms with van der Waals surface area (Å²) >= 11 is 0. The molecule has 0 fully saturated rings. The van der Waals surface area contributed by atoms with Gasteiger partial charge in [-0.25, -0.2) is 4.98 Å². The molecule has 0 unspecified atom stereocenters. The fraction of sp³-hybridized carbons (Fsp3) is 0.500. The van der Waals surface area contributed by atoms with Crippen LogP contribution in [0.1, 0.15) is 17.3 Å². The van der Waals surface area contributed by atoms with Gasteiger partial charge in [-0.05, 0) is 19.1 Å². The third kappa shape index (κ3) is 5.87. The zero-order valence-electron chi connectivity index (χ0n) is 10.9. The normalized spacial score (nSPS) is 11.2. The van der Waals surface area contributed by atoms with E-state index in [2.05, 4.69) is 15.0 Å². The van der Waals surface area contributed by atoms with Crippen molar-refractivity contribution < 1.29 is 27.4 Å². The number of hydrogen-bond acceptors (Lipinski definition) is 4. The summed E-state index contributed by atoms with van der Waals surface area (Å²) < 4.78 is 45.0. The van der Waals surface area contributed by atoms with Crippen LogP contribution in [0.5, 0.6) is 5.88 Å². The van der Waals surface area contributed by atoms with Crippen LogP contribution < -0.4 is 10.1 Å². The van der Waals surface area contributed by atoms with Crippen LogP contribution in [-0.4, -0.2) is 43.4 Å². The van der Waals surface area contributed by atoms with Gasteiger partial charge in [0.1, 0.15) is 12.2 Å². The molecule has 0 aliphatic carbocycles. The molecular formula is C12H15F3N2O3. The van der Waals surface area contributed by atoms with E-state index in [-0.39, 0.29) is 24.6 Å². The highest BCUT2D eigenvalue weighted by atomic mass is 19.4. The second-order valence-electron chi connectivity index (χ2n) is 3.71. The highest BCUT2D eigenvalue weighted by Gasteiger charge is 2.27. The maximum Gasteiger partial charge on any atom is 0.411 e. The van der Waals surface area contributed by atoms with Gasteiger partial charge < -0.3 is 14.8 Å². The van der Waals surface area contributed by atoms with Crippen molar-refractivity contribution in [2.75, 3.05) is 26.4 Å². The minimum absolute atomic E-state index is 0.0324. The number of rotatable bonds is 7. The summed E-state index contributed by atoms with van der Waals surface area (Å²) in [6.45, 7) is 0.512. The number of aromatic nitrogens is 1. The maximum atomic E-state index is 11.8. The summed E-state index contributed by atoms with van der Waals surface area (Å²) in [5, 5.41) is 2.43. The number of halogens is 3. The lowest BCUT2D eigenvalue weighted by Gasteiger charge is -2.10. The van der Waals surface area contributed by atoms with E-state index in [4.69, 9.17) is 4.74 Å². The Morgan fingerprint density at radius 3 is 2.85 bits per heavy atom. The van der Waals surface area contributed by atoms with E-state index in [0.29, 0.717) is 6.61 Å². The summed E-state index contributed by atoms with van der Waals surface area (Å²) in [7, 11) is 0. The van der Waals surface area contributed by atoms with Gasteiger partial charge in [-0.1, -0.05) is 0 Å². The van der Waals surface area contributed by atoms with Crippen LogP contribution in [0.2, 0.25) is 0 Å². The van der Waals surface area contributed by atoms with Crippen molar-refractivity contribution in [2.45, 2.75) is 13.1 Å². The summed E-state index contributed by atoms with van der Waals surface area (Å²) in [5.41, 5.74) is 0.227. The molecule has 5 nitrogen and oxygen atoms in total. The van der Waals surface area contributed by atoms with Gasteiger partial charge >= 0.3 is 6.18 Å². The Morgan fingerprint density at radius 2 is 2.20 bits per heavy atom. The molecule has 8 heteroatoms. The van der Waals surface area contributed by atoms with Crippen LogP contribution in [-0.2, 0) is 4.74 Å². The average Bonchev–Trinajstić information content (AvgIpc) is 2.38. The summed E-state index contributed by atoms with van der Waals surface area (Å²) in [5.74, 6) is -0.291.